The number of hydrogen-bond donors (Lipinski definition) is 2. The molecule has 6 nitrogen and oxygen atoms in total. The van der Waals surface area contributed by atoms with E-state index in [0.717, 1.165) is 24.4 Å². The summed E-state index contributed by atoms with van der Waals surface area (Å²) in [4.78, 5) is 4.26. The van der Waals surface area contributed by atoms with Crippen molar-refractivity contribution in [2.45, 2.75) is 18.9 Å². The molecule has 2 heterocycles. The molecule has 1 aliphatic heterocycles. The highest BCUT2D eigenvalue weighted by Gasteiger charge is 2.27. The topological polar surface area (TPSA) is 78.0 Å². The van der Waals surface area contributed by atoms with E-state index in [1.165, 1.54) is 5.56 Å². The summed E-state index contributed by atoms with van der Waals surface area (Å²) in [6, 6.07) is 8.28. The van der Waals surface area contributed by atoms with E-state index in [-0.39, 0.29) is 6.04 Å². The lowest BCUT2D eigenvalue weighted by molar-refractivity contribution is 0.182. The molecule has 0 aliphatic carbocycles. The molecule has 20 heavy (non-hydrogen) atoms. The first-order valence-electron chi connectivity index (χ1n) is 6.77. The molecule has 0 bridgehead atoms. The van der Waals surface area contributed by atoms with E-state index >= 15 is 0 Å². The van der Waals surface area contributed by atoms with Crippen LogP contribution in [0.4, 0.5) is 0 Å². The molecule has 106 valence electrons. The van der Waals surface area contributed by atoms with Gasteiger partial charge in [0, 0.05) is 25.4 Å². The summed E-state index contributed by atoms with van der Waals surface area (Å²) < 4.78 is 7.61. The number of nitrogens with two attached hydrogens (primary N) is 1. The predicted molar refractivity (Wildman–Crippen MR) is 74.9 cm³/mol. The van der Waals surface area contributed by atoms with E-state index < -0.39 is 0 Å². The molecular weight excluding hydrogens is 254 g/mol. The standard InChI is InChI=1S/C14H19N5O/c1-19-14(16-9-17-19)7-12(18-15)11-6-10-4-2-3-5-13(10)20-8-11/h2-5,9,11-12,18H,6-8,15H2,1H3. The van der Waals surface area contributed by atoms with Gasteiger partial charge in [0.2, 0.25) is 0 Å². The van der Waals surface area contributed by atoms with Crippen molar-refractivity contribution < 1.29 is 4.74 Å². The number of nitrogens with zero attached hydrogens (tertiary/aromatic N) is 3. The molecule has 0 saturated heterocycles. The Labute approximate surface area is 117 Å². The summed E-state index contributed by atoms with van der Waals surface area (Å²) in [5, 5.41) is 4.09. The van der Waals surface area contributed by atoms with Gasteiger partial charge in [-0.05, 0) is 18.1 Å². The summed E-state index contributed by atoms with van der Waals surface area (Å²) >= 11 is 0. The van der Waals surface area contributed by atoms with Crippen molar-refractivity contribution in [1.82, 2.24) is 20.2 Å². The summed E-state index contributed by atoms with van der Waals surface area (Å²) in [6.45, 7) is 0.670. The molecule has 1 aliphatic rings. The maximum absolute atomic E-state index is 5.83. The van der Waals surface area contributed by atoms with E-state index in [0.29, 0.717) is 12.5 Å². The van der Waals surface area contributed by atoms with Crippen LogP contribution in [0.2, 0.25) is 0 Å². The van der Waals surface area contributed by atoms with Crippen LogP contribution in [-0.4, -0.2) is 27.4 Å². The minimum Gasteiger partial charge on any atom is -0.493 e. The van der Waals surface area contributed by atoms with Crippen molar-refractivity contribution in [3.8, 4) is 5.75 Å². The second kappa shape index (κ2) is 5.60. The number of benzene rings is 1. The predicted octanol–water partition coefficient (Wildman–Crippen LogP) is 0.441. The molecule has 2 unspecified atom stereocenters. The molecule has 6 heteroatoms. The Morgan fingerprint density at radius 1 is 1.50 bits per heavy atom. The van der Waals surface area contributed by atoms with Gasteiger partial charge in [-0.2, -0.15) is 5.10 Å². The summed E-state index contributed by atoms with van der Waals surface area (Å²) in [7, 11) is 1.89. The monoisotopic (exact) mass is 273 g/mol. The molecule has 3 rings (SSSR count). The van der Waals surface area contributed by atoms with Crippen molar-refractivity contribution in [3.05, 3.63) is 42.0 Å². The quantitative estimate of drug-likeness (QED) is 0.624. The van der Waals surface area contributed by atoms with Gasteiger partial charge in [0.1, 0.15) is 17.9 Å². The summed E-state index contributed by atoms with van der Waals surface area (Å²) in [5.41, 5.74) is 4.14. The molecule has 2 atom stereocenters. The van der Waals surface area contributed by atoms with Gasteiger partial charge in [-0.25, -0.2) is 4.98 Å². The van der Waals surface area contributed by atoms with Crippen LogP contribution in [0.1, 0.15) is 11.4 Å². The van der Waals surface area contributed by atoms with Crippen LogP contribution in [0, 0.1) is 5.92 Å². The highest BCUT2D eigenvalue weighted by molar-refractivity contribution is 5.35. The molecule has 3 N–H and O–H groups in total. The van der Waals surface area contributed by atoms with Gasteiger partial charge in [-0.3, -0.25) is 16.0 Å². The minimum absolute atomic E-state index is 0.117. The van der Waals surface area contributed by atoms with Crippen LogP contribution in [0.3, 0.4) is 0 Å². The number of rotatable bonds is 4. The fraction of sp³-hybridized carbons (Fsp3) is 0.429. The summed E-state index contributed by atoms with van der Waals surface area (Å²) in [6.07, 6.45) is 3.27. The third-order valence-corrected chi connectivity index (χ3v) is 3.90. The van der Waals surface area contributed by atoms with Gasteiger partial charge in [0.25, 0.3) is 0 Å². The molecule has 0 spiro atoms. The average molecular weight is 273 g/mol. The Morgan fingerprint density at radius 3 is 3.10 bits per heavy atom. The second-order valence-electron chi connectivity index (χ2n) is 5.16. The van der Waals surface area contributed by atoms with Gasteiger partial charge in [0.05, 0.1) is 6.61 Å². The second-order valence-corrected chi connectivity index (χ2v) is 5.16. The van der Waals surface area contributed by atoms with Crippen LogP contribution in [0.15, 0.2) is 30.6 Å². The van der Waals surface area contributed by atoms with Crippen LogP contribution in [0.5, 0.6) is 5.75 Å². The van der Waals surface area contributed by atoms with E-state index in [2.05, 4.69) is 21.6 Å². The van der Waals surface area contributed by atoms with Gasteiger partial charge < -0.3 is 4.74 Å². The van der Waals surface area contributed by atoms with Crippen molar-refractivity contribution in [1.29, 1.82) is 0 Å². The van der Waals surface area contributed by atoms with E-state index in [1.54, 1.807) is 11.0 Å². The third kappa shape index (κ3) is 2.52. The molecular formula is C14H19N5O. The average Bonchev–Trinajstić information content (AvgIpc) is 2.89. The number of hydrogen-bond acceptors (Lipinski definition) is 5. The number of fused-ring (bicyclic) bond motifs is 1. The Bertz CT molecular complexity index is 582. The zero-order valence-electron chi connectivity index (χ0n) is 11.5. The number of para-hydroxylation sites is 1. The number of ether oxygens (including phenoxy) is 1. The molecule has 1 aromatic carbocycles. The first kappa shape index (κ1) is 13.1. The highest BCUT2D eigenvalue weighted by atomic mass is 16.5. The number of nitrogens with one attached hydrogen (secondary N) is 1. The summed E-state index contributed by atoms with van der Waals surface area (Å²) in [5.74, 6) is 7.96. The lowest BCUT2D eigenvalue weighted by Crippen LogP contribution is -2.46. The van der Waals surface area contributed by atoms with E-state index in [4.69, 9.17) is 10.6 Å². The van der Waals surface area contributed by atoms with Gasteiger partial charge in [-0.1, -0.05) is 18.2 Å². The maximum atomic E-state index is 5.83. The zero-order chi connectivity index (χ0) is 13.9. The van der Waals surface area contributed by atoms with Crippen LogP contribution in [-0.2, 0) is 19.9 Å². The molecule has 0 fully saturated rings. The smallest absolute Gasteiger partial charge is 0.138 e. The van der Waals surface area contributed by atoms with E-state index in [1.807, 2.05) is 25.2 Å². The first-order chi connectivity index (χ1) is 9.78. The van der Waals surface area contributed by atoms with Crippen molar-refractivity contribution in [3.63, 3.8) is 0 Å². The third-order valence-electron chi connectivity index (χ3n) is 3.90. The Kier molecular flexibility index (Phi) is 3.66. The Balaban J connectivity index is 1.73. The van der Waals surface area contributed by atoms with Crippen LogP contribution in [0.25, 0.3) is 0 Å². The maximum Gasteiger partial charge on any atom is 0.138 e. The van der Waals surface area contributed by atoms with Gasteiger partial charge >= 0.3 is 0 Å². The van der Waals surface area contributed by atoms with Crippen LogP contribution >= 0.6 is 0 Å². The number of aromatic nitrogens is 3. The lowest BCUT2D eigenvalue weighted by atomic mass is 9.89. The molecule has 2 aromatic rings. The number of hydrazine groups is 1. The highest BCUT2D eigenvalue weighted by Crippen LogP contribution is 2.28. The van der Waals surface area contributed by atoms with Crippen molar-refractivity contribution in [2.24, 2.45) is 18.8 Å². The van der Waals surface area contributed by atoms with Crippen molar-refractivity contribution >= 4 is 0 Å². The SMILES string of the molecule is Cn1ncnc1CC(NN)C1COc2ccccc2C1. The Hall–Kier alpha value is -1.92. The fourth-order valence-corrected chi connectivity index (χ4v) is 2.67. The van der Waals surface area contributed by atoms with Gasteiger partial charge in [-0.15, -0.1) is 0 Å². The van der Waals surface area contributed by atoms with E-state index in [9.17, 15) is 0 Å². The molecule has 1 aromatic heterocycles. The largest absolute Gasteiger partial charge is 0.493 e. The minimum atomic E-state index is 0.117. The van der Waals surface area contributed by atoms with Gasteiger partial charge in [0.15, 0.2) is 0 Å². The molecule has 0 radical (unpaired) electrons. The zero-order valence-corrected chi connectivity index (χ0v) is 11.5. The number of aryl methyl sites for hydroxylation is 1. The first-order valence-corrected chi connectivity index (χ1v) is 6.77. The Morgan fingerprint density at radius 2 is 2.35 bits per heavy atom. The molecule has 0 saturated carbocycles. The fourth-order valence-electron chi connectivity index (χ4n) is 2.67. The lowest BCUT2D eigenvalue weighted by Gasteiger charge is -2.31. The normalized spacial score (nSPS) is 19.2. The van der Waals surface area contributed by atoms with Crippen LogP contribution < -0.4 is 16.0 Å². The van der Waals surface area contributed by atoms with Crippen molar-refractivity contribution in [2.75, 3.05) is 6.61 Å². The molecule has 0 amide bonds.